The number of carbonyl (C=O) groups excluding carboxylic acids is 2. The monoisotopic (exact) mass is 591 g/mol. The van der Waals surface area contributed by atoms with Gasteiger partial charge in [-0.2, -0.15) is 0 Å². The van der Waals surface area contributed by atoms with Gasteiger partial charge >= 0.3 is 0 Å². The molecule has 4 rings (SSSR count). The van der Waals surface area contributed by atoms with Gasteiger partial charge in [0.2, 0.25) is 11.8 Å². The molecule has 0 saturated heterocycles. The van der Waals surface area contributed by atoms with Crippen LogP contribution in [0.1, 0.15) is 81.2 Å². The number of hydrogen-bond acceptors (Lipinski definition) is 6. The number of amides is 2. The summed E-state index contributed by atoms with van der Waals surface area (Å²) in [5.41, 5.74) is 3.23. The van der Waals surface area contributed by atoms with E-state index in [0.29, 0.717) is 19.4 Å². The molecule has 2 aromatic rings. The minimum atomic E-state index is -0.867. The van der Waals surface area contributed by atoms with E-state index in [4.69, 9.17) is 9.47 Å². The smallest absolute Gasteiger partial charge is 0.243 e. The van der Waals surface area contributed by atoms with Crippen molar-refractivity contribution < 1.29 is 24.2 Å². The van der Waals surface area contributed by atoms with Gasteiger partial charge in [0.05, 0.1) is 32.0 Å². The fourth-order valence-electron chi connectivity index (χ4n) is 6.23. The Kier molecular flexibility index (Phi) is 12.2. The summed E-state index contributed by atoms with van der Waals surface area (Å²) in [6, 6.07) is 14.6. The fraction of sp³-hybridized carbons (Fsp3) is 0.543. The van der Waals surface area contributed by atoms with E-state index >= 15 is 0 Å². The van der Waals surface area contributed by atoms with Crippen molar-refractivity contribution in [2.45, 2.75) is 89.1 Å². The number of methoxy groups -OCH3 is 1. The zero-order valence-electron chi connectivity index (χ0n) is 26.1. The Labute approximate surface area is 256 Å². The highest BCUT2D eigenvalue weighted by molar-refractivity contribution is 5.88. The number of β-amino-alcohol motifs (C(OH)–C–C–N with tert-alkyl or cyclic N) is 1. The van der Waals surface area contributed by atoms with Crippen LogP contribution in [0, 0.1) is 5.92 Å². The summed E-state index contributed by atoms with van der Waals surface area (Å²) in [5.74, 6) is 0.383. The van der Waals surface area contributed by atoms with Crippen LogP contribution in [-0.2, 0) is 20.7 Å². The molecular formula is C35H49N3O5. The molecule has 2 bridgehead atoms. The molecule has 43 heavy (non-hydrogen) atoms. The molecule has 1 aliphatic heterocycles. The van der Waals surface area contributed by atoms with Crippen LogP contribution in [0.3, 0.4) is 0 Å². The standard InChI is InChI=1S/C35H49N3O5/c1-5-7-15-25(6-2)35(41)38(3)31-16-11-12-19-43-33-22-29(28-21-26(42-4)17-18-27(28)33)36-23-32(39)30(37-34(31)40)20-24-13-9-8-10-14-24/h8-14,17-18,21,25,29-33,36,39H,5-7,15-16,19-20,22-23H2,1-4H3,(H,37,40)/t25?,29-,30-,31?,32+,33+/m0/s1. The molecule has 2 aliphatic rings. The predicted molar refractivity (Wildman–Crippen MR) is 169 cm³/mol. The number of rotatable bonds is 9. The van der Waals surface area contributed by atoms with Crippen molar-refractivity contribution in [1.29, 1.82) is 0 Å². The molecule has 2 aromatic carbocycles. The molecule has 2 amide bonds. The van der Waals surface area contributed by atoms with Crippen LogP contribution in [0.5, 0.6) is 5.75 Å². The second-order valence-corrected chi connectivity index (χ2v) is 11.8. The van der Waals surface area contributed by atoms with Crippen molar-refractivity contribution in [3.8, 4) is 5.75 Å². The number of aliphatic hydroxyl groups is 1. The first-order valence-corrected chi connectivity index (χ1v) is 15.8. The highest BCUT2D eigenvalue weighted by atomic mass is 16.5. The second-order valence-electron chi connectivity index (χ2n) is 11.8. The van der Waals surface area contributed by atoms with Gasteiger partial charge in [-0.25, -0.2) is 0 Å². The van der Waals surface area contributed by atoms with E-state index in [2.05, 4.69) is 23.6 Å². The molecule has 0 fully saturated rings. The Morgan fingerprint density at radius 1 is 1.14 bits per heavy atom. The normalized spacial score (nSPS) is 25.1. The van der Waals surface area contributed by atoms with Crippen LogP contribution in [0.2, 0.25) is 0 Å². The maximum absolute atomic E-state index is 13.9. The molecule has 8 heteroatoms. The van der Waals surface area contributed by atoms with Crippen molar-refractivity contribution in [2.24, 2.45) is 5.92 Å². The maximum atomic E-state index is 13.9. The quantitative estimate of drug-likeness (QED) is 0.360. The number of benzene rings is 2. The molecule has 8 nitrogen and oxygen atoms in total. The molecule has 0 spiro atoms. The molecule has 1 heterocycles. The topological polar surface area (TPSA) is 100 Å². The molecule has 2 unspecified atom stereocenters. The van der Waals surface area contributed by atoms with Gasteiger partial charge in [0.1, 0.15) is 11.8 Å². The molecule has 6 atom stereocenters. The number of hydrogen-bond donors (Lipinski definition) is 3. The predicted octanol–water partition coefficient (Wildman–Crippen LogP) is 4.88. The lowest BCUT2D eigenvalue weighted by atomic mass is 9.96. The minimum Gasteiger partial charge on any atom is -0.497 e. The van der Waals surface area contributed by atoms with Crippen LogP contribution in [0.25, 0.3) is 0 Å². The van der Waals surface area contributed by atoms with Gasteiger partial charge < -0.3 is 30.1 Å². The lowest BCUT2D eigenvalue weighted by molar-refractivity contribution is -0.142. The number of aliphatic hydroxyl groups excluding tert-OH is 1. The largest absolute Gasteiger partial charge is 0.497 e. The highest BCUT2D eigenvalue weighted by Gasteiger charge is 2.35. The van der Waals surface area contributed by atoms with E-state index in [1.54, 1.807) is 19.1 Å². The van der Waals surface area contributed by atoms with Crippen LogP contribution < -0.4 is 15.4 Å². The number of fused-ring (bicyclic) bond motifs is 5. The lowest BCUT2D eigenvalue weighted by Gasteiger charge is -2.32. The Balaban J connectivity index is 1.62. The summed E-state index contributed by atoms with van der Waals surface area (Å²) < 4.78 is 11.8. The summed E-state index contributed by atoms with van der Waals surface area (Å²) >= 11 is 0. The second kappa shape index (κ2) is 16.0. The zero-order valence-corrected chi connectivity index (χ0v) is 26.1. The lowest BCUT2D eigenvalue weighted by Crippen LogP contribution is -2.55. The average Bonchev–Trinajstić information content (AvgIpc) is 3.37. The van der Waals surface area contributed by atoms with E-state index in [1.807, 2.05) is 61.5 Å². The number of ether oxygens (including phenoxy) is 2. The van der Waals surface area contributed by atoms with Gasteiger partial charge in [0.15, 0.2) is 0 Å². The van der Waals surface area contributed by atoms with Gasteiger partial charge in [-0.3, -0.25) is 9.59 Å². The Morgan fingerprint density at radius 2 is 1.93 bits per heavy atom. The van der Waals surface area contributed by atoms with Gasteiger partial charge in [-0.1, -0.05) is 75.2 Å². The molecule has 3 N–H and O–H groups in total. The average molecular weight is 592 g/mol. The van der Waals surface area contributed by atoms with Crippen molar-refractivity contribution in [2.75, 3.05) is 27.3 Å². The number of nitrogens with one attached hydrogen (secondary N) is 2. The van der Waals surface area contributed by atoms with Gasteiger partial charge in [0.25, 0.3) is 0 Å². The van der Waals surface area contributed by atoms with Crippen LogP contribution in [0.15, 0.2) is 60.7 Å². The Bertz CT molecular complexity index is 1220. The number of unbranched alkanes of at least 4 members (excludes halogenated alkanes) is 1. The van der Waals surface area contributed by atoms with E-state index < -0.39 is 18.2 Å². The first-order chi connectivity index (χ1) is 20.9. The Hall–Kier alpha value is -3.20. The van der Waals surface area contributed by atoms with Crippen LogP contribution in [-0.4, -0.2) is 67.3 Å². The third-order valence-corrected chi connectivity index (χ3v) is 8.92. The highest BCUT2D eigenvalue weighted by Crippen LogP contribution is 2.42. The zero-order chi connectivity index (χ0) is 30.8. The summed E-state index contributed by atoms with van der Waals surface area (Å²) in [7, 11) is 3.39. The van der Waals surface area contributed by atoms with Crippen molar-refractivity contribution in [1.82, 2.24) is 15.5 Å². The fourth-order valence-corrected chi connectivity index (χ4v) is 6.23. The van der Waals surface area contributed by atoms with E-state index in [9.17, 15) is 14.7 Å². The molecule has 1 aliphatic carbocycles. The first kappa shape index (κ1) is 32.7. The number of nitrogens with zero attached hydrogens (tertiary/aromatic N) is 1. The summed E-state index contributed by atoms with van der Waals surface area (Å²) in [6.07, 6.45) is 7.99. The third kappa shape index (κ3) is 8.46. The Morgan fingerprint density at radius 3 is 2.65 bits per heavy atom. The maximum Gasteiger partial charge on any atom is 0.243 e. The summed E-state index contributed by atoms with van der Waals surface area (Å²) in [5, 5.41) is 18.2. The third-order valence-electron chi connectivity index (χ3n) is 8.92. The van der Waals surface area contributed by atoms with Crippen LogP contribution >= 0.6 is 0 Å². The molecule has 0 saturated carbocycles. The van der Waals surface area contributed by atoms with Crippen molar-refractivity contribution in [3.63, 3.8) is 0 Å². The molecule has 0 radical (unpaired) electrons. The van der Waals surface area contributed by atoms with Crippen molar-refractivity contribution >= 4 is 11.8 Å². The van der Waals surface area contributed by atoms with Gasteiger partial charge in [0, 0.05) is 25.6 Å². The van der Waals surface area contributed by atoms with Crippen LogP contribution in [0.4, 0.5) is 0 Å². The number of carbonyl (C=O) groups is 2. The van der Waals surface area contributed by atoms with Crippen molar-refractivity contribution in [3.05, 3.63) is 77.4 Å². The van der Waals surface area contributed by atoms with E-state index in [1.165, 1.54) is 0 Å². The van der Waals surface area contributed by atoms with E-state index in [-0.39, 0.29) is 36.4 Å². The SMILES string of the molecule is CCCCC(CC)C(=O)N(C)C1CC=CCO[C@@H]2C[C@H](NC[C@@H](O)[C@H](Cc3ccccc3)NC1=O)c1cc(OC)ccc12. The number of likely N-dealkylation sites (N-methyl/N-ethyl adjacent to an activating group) is 1. The van der Waals surface area contributed by atoms with E-state index in [0.717, 1.165) is 54.5 Å². The summed E-state index contributed by atoms with van der Waals surface area (Å²) in [4.78, 5) is 29.1. The minimum absolute atomic E-state index is 0.00941. The molecule has 0 aromatic heterocycles. The first-order valence-electron chi connectivity index (χ1n) is 15.8. The molecule has 234 valence electrons. The molecular weight excluding hydrogens is 542 g/mol. The summed E-state index contributed by atoms with van der Waals surface area (Å²) in [6.45, 7) is 4.82. The van der Waals surface area contributed by atoms with Gasteiger partial charge in [-0.05, 0) is 60.9 Å². The van der Waals surface area contributed by atoms with Gasteiger partial charge in [-0.15, -0.1) is 0 Å².